The molecule has 1 aliphatic rings. The van der Waals surface area contributed by atoms with Crippen LogP contribution in [0, 0.1) is 0 Å². The van der Waals surface area contributed by atoms with E-state index in [0.717, 1.165) is 6.42 Å². The van der Waals surface area contributed by atoms with Gasteiger partial charge in [-0.3, -0.25) is 0 Å². The molecule has 0 heterocycles. The predicted octanol–water partition coefficient (Wildman–Crippen LogP) is 4.78. The van der Waals surface area contributed by atoms with Crippen LogP contribution in [0.4, 0.5) is 0 Å². The molecule has 1 aromatic carbocycles. The SMILES string of the molecule is C.C\C=C/C=C1/Cc2ccccc2/C1=C/C. The molecule has 0 radical (unpaired) electrons. The Hall–Kier alpha value is -1.56. The van der Waals surface area contributed by atoms with E-state index >= 15 is 0 Å². The fourth-order valence-electron chi connectivity index (χ4n) is 2.11. The molecule has 0 fully saturated rings. The first-order valence-corrected chi connectivity index (χ1v) is 5.43. The van der Waals surface area contributed by atoms with Crippen molar-refractivity contribution in [1.29, 1.82) is 0 Å². The maximum atomic E-state index is 2.22. The number of hydrogen-bond acceptors (Lipinski definition) is 0. The fraction of sp³-hybridized carbons (Fsp3) is 0.250. The average Bonchev–Trinajstić information content (AvgIpc) is 2.63. The summed E-state index contributed by atoms with van der Waals surface area (Å²) in [4.78, 5) is 0. The zero-order valence-corrected chi connectivity index (χ0v) is 9.33. The highest BCUT2D eigenvalue weighted by molar-refractivity contribution is 5.86. The molecule has 0 atom stereocenters. The summed E-state index contributed by atoms with van der Waals surface area (Å²) in [5.74, 6) is 0. The van der Waals surface area contributed by atoms with Gasteiger partial charge in [-0.05, 0) is 42.5 Å². The van der Waals surface area contributed by atoms with Crippen LogP contribution in [0.5, 0.6) is 0 Å². The van der Waals surface area contributed by atoms with E-state index in [0.29, 0.717) is 0 Å². The van der Waals surface area contributed by atoms with Crippen molar-refractivity contribution >= 4 is 5.57 Å². The highest BCUT2D eigenvalue weighted by Crippen LogP contribution is 2.36. The lowest BCUT2D eigenvalue weighted by molar-refractivity contribution is 1.27. The number of fused-ring (bicyclic) bond motifs is 1. The van der Waals surface area contributed by atoms with E-state index in [1.54, 1.807) is 0 Å². The minimum absolute atomic E-state index is 0. The molecule has 0 spiro atoms. The second-order valence-electron chi connectivity index (χ2n) is 3.75. The van der Waals surface area contributed by atoms with Gasteiger partial charge in [0, 0.05) is 0 Å². The number of allylic oxidation sites excluding steroid dienone is 6. The van der Waals surface area contributed by atoms with Gasteiger partial charge in [0.15, 0.2) is 0 Å². The minimum atomic E-state index is 0. The van der Waals surface area contributed by atoms with Gasteiger partial charge < -0.3 is 0 Å². The molecule has 0 saturated heterocycles. The first-order valence-electron chi connectivity index (χ1n) is 5.43. The summed E-state index contributed by atoms with van der Waals surface area (Å²) in [6.07, 6.45) is 9.69. The standard InChI is InChI=1S/C15H16.CH4/c1-3-5-8-12-11-13-9-6-7-10-15(13)14(12)4-2;/h3-10H,11H2,1-2H3;1H4/b5-3-,12-8-,14-4+;. The molecule has 2 rings (SSSR count). The molecule has 0 aromatic heterocycles. The first kappa shape index (κ1) is 12.5. The molecule has 0 saturated carbocycles. The molecule has 0 N–H and O–H groups in total. The molecule has 0 heteroatoms. The summed E-state index contributed by atoms with van der Waals surface area (Å²) >= 11 is 0. The van der Waals surface area contributed by atoms with Crippen molar-refractivity contribution in [1.82, 2.24) is 0 Å². The summed E-state index contributed by atoms with van der Waals surface area (Å²) in [7, 11) is 0. The topological polar surface area (TPSA) is 0 Å². The Morgan fingerprint density at radius 3 is 2.56 bits per heavy atom. The average molecular weight is 212 g/mol. The van der Waals surface area contributed by atoms with Crippen molar-refractivity contribution in [3.8, 4) is 0 Å². The molecule has 1 aliphatic carbocycles. The van der Waals surface area contributed by atoms with Crippen LogP contribution in [-0.4, -0.2) is 0 Å². The largest absolute Gasteiger partial charge is 0.0877 e. The van der Waals surface area contributed by atoms with Gasteiger partial charge in [-0.25, -0.2) is 0 Å². The molecule has 84 valence electrons. The van der Waals surface area contributed by atoms with E-state index in [1.807, 2.05) is 0 Å². The van der Waals surface area contributed by atoms with Crippen LogP contribution in [0.1, 0.15) is 32.4 Å². The Morgan fingerprint density at radius 2 is 1.88 bits per heavy atom. The van der Waals surface area contributed by atoms with Crippen molar-refractivity contribution in [3.63, 3.8) is 0 Å². The highest BCUT2D eigenvalue weighted by atomic mass is 14.2. The van der Waals surface area contributed by atoms with Gasteiger partial charge in [-0.1, -0.05) is 56.0 Å². The Bertz CT molecular complexity index is 445. The lowest BCUT2D eigenvalue weighted by atomic mass is 10.1. The lowest BCUT2D eigenvalue weighted by Crippen LogP contribution is -1.78. The Balaban J connectivity index is 0.00000128. The third kappa shape index (κ3) is 2.16. The number of benzene rings is 1. The molecule has 0 amide bonds. The highest BCUT2D eigenvalue weighted by Gasteiger charge is 2.18. The summed E-state index contributed by atoms with van der Waals surface area (Å²) in [5, 5.41) is 0. The van der Waals surface area contributed by atoms with Crippen molar-refractivity contribution in [2.75, 3.05) is 0 Å². The Kier molecular flexibility index (Phi) is 4.30. The third-order valence-corrected chi connectivity index (χ3v) is 2.81. The fourth-order valence-corrected chi connectivity index (χ4v) is 2.11. The number of hydrogen-bond donors (Lipinski definition) is 0. The molecule has 0 nitrogen and oxygen atoms in total. The van der Waals surface area contributed by atoms with E-state index in [-0.39, 0.29) is 7.43 Å². The molecular weight excluding hydrogens is 192 g/mol. The monoisotopic (exact) mass is 212 g/mol. The third-order valence-electron chi connectivity index (χ3n) is 2.81. The van der Waals surface area contributed by atoms with Crippen LogP contribution in [0.3, 0.4) is 0 Å². The van der Waals surface area contributed by atoms with Crippen molar-refractivity contribution in [3.05, 3.63) is 65.3 Å². The molecule has 1 aromatic rings. The van der Waals surface area contributed by atoms with Crippen LogP contribution in [-0.2, 0) is 6.42 Å². The van der Waals surface area contributed by atoms with Gasteiger partial charge in [0.2, 0.25) is 0 Å². The zero-order chi connectivity index (χ0) is 10.7. The summed E-state index contributed by atoms with van der Waals surface area (Å²) in [6.45, 7) is 4.16. The van der Waals surface area contributed by atoms with Crippen molar-refractivity contribution in [2.24, 2.45) is 0 Å². The van der Waals surface area contributed by atoms with E-state index in [1.165, 1.54) is 22.3 Å². The van der Waals surface area contributed by atoms with E-state index < -0.39 is 0 Å². The molecule has 0 unspecified atom stereocenters. The molecule has 16 heavy (non-hydrogen) atoms. The van der Waals surface area contributed by atoms with Gasteiger partial charge in [0.1, 0.15) is 0 Å². The molecule has 0 bridgehead atoms. The van der Waals surface area contributed by atoms with E-state index in [4.69, 9.17) is 0 Å². The second-order valence-corrected chi connectivity index (χ2v) is 3.75. The summed E-state index contributed by atoms with van der Waals surface area (Å²) in [6, 6.07) is 8.65. The molecular formula is C16H20. The maximum absolute atomic E-state index is 2.22. The van der Waals surface area contributed by atoms with Crippen LogP contribution in [0.15, 0.2) is 54.1 Å². The van der Waals surface area contributed by atoms with Crippen LogP contribution in [0.2, 0.25) is 0 Å². The van der Waals surface area contributed by atoms with Gasteiger partial charge in [0.25, 0.3) is 0 Å². The van der Waals surface area contributed by atoms with Gasteiger partial charge in [-0.2, -0.15) is 0 Å². The second kappa shape index (κ2) is 5.50. The normalized spacial score (nSPS) is 19.1. The first-order chi connectivity index (χ1) is 7.36. The van der Waals surface area contributed by atoms with Crippen LogP contribution < -0.4 is 0 Å². The predicted molar refractivity (Wildman–Crippen MR) is 73.4 cm³/mol. The summed E-state index contributed by atoms with van der Waals surface area (Å²) in [5.41, 5.74) is 5.66. The minimum Gasteiger partial charge on any atom is -0.0877 e. The maximum Gasteiger partial charge on any atom is -0.00136 e. The van der Waals surface area contributed by atoms with E-state index in [9.17, 15) is 0 Å². The van der Waals surface area contributed by atoms with E-state index in [2.05, 4.69) is 62.4 Å². The Labute approximate surface area is 99.0 Å². The van der Waals surface area contributed by atoms with Crippen molar-refractivity contribution in [2.45, 2.75) is 27.7 Å². The lowest BCUT2D eigenvalue weighted by Gasteiger charge is -1.99. The van der Waals surface area contributed by atoms with Gasteiger partial charge in [-0.15, -0.1) is 0 Å². The van der Waals surface area contributed by atoms with Gasteiger partial charge in [0.05, 0.1) is 0 Å². The number of rotatable bonds is 1. The Morgan fingerprint density at radius 1 is 1.12 bits per heavy atom. The van der Waals surface area contributed by atoms with Crippen LogP contribution >= 0.6 is 0 Å². The molecule has 0 aliphatic heterocycles. The smallest absolute Gasteiger partial charge is 0.00136 e. The van der Waals surface area contributed by atoms with Crippen LogP contribution in [0.25, 0.3) is 5.57 Å². The van der Waals surface area contributed by atoms with Gasteiger partial charge >= 0.3 is 0 Å². The summed E-state index contributed by atoms with van der Waals surface area (Å²) < 4.78 is 0. The van der Waals surface area contributed by atoms with Crippen molar-refractivity contribution < 1.29 is 0 Å². The zero-order valence-electron chi connectivity index (χ0n) is 9.33. The quantitative estimate of drug-likeness (QED) is 0.628.